The van der Waals surface area contributed by atoms with E-state index >= 15 is 0 Å². The van der Waals surface area contributed by atoms with Crippen LogP contribution < -0.4 is 4.46 Å². The molecule has 12 heavy (non-hydrogen) atoms. The summed E-state index contributed by atoms with van der Waals surface area (Å²) in [7, 11) is 1.32. The van der Waals surface area contributed by atoms with E-state index in [1.807, 2.05) is 0 Å². The van der Waals surface area contributed by atoms with E-state index in [2.05, 4.69) is 4.74 Å². The third-order valence-electron chi connectivity index (χ3n) is 1.39. The van der Waals surface area contributed by atoms with Gasteiger partial charge in [-0.15, -0.1) is 0 Å². The molecule has 0 saturated carbocycles. The normalized spacial score (nSPS) is 9.50. The molecular formula is C8H8O3Se. The Kier molecular flexibility index (Phi) is 3.29. The zero-order chi connectivity index (χ0) is 8.97. The first-order valence-corrected chi connectivity index (χ1v) is 4.90. The molecule has 1 rings (SSSR count). The van der Waals surface area contributed by atoms with Crippen LogP contribution in [0.15, 0.2) is 24.3 Å². The Balaban J connectivity index is 3.04. The van der Waals surface area contributed by atoms with Crippen molar-refractivity contribution in [1.82, 2.24) is 0 Å². The first-order valence-electron chi connectivity index (χ1n) is 3.28. The molecular weight excluding hydrogens is 223 g/mol. The van der Waals surface area contributed by atoms with Crippen molar-refractivity contribution in [2.75, 3.05) is 7.11 Å². The maximum atomic E-state index is 11.1. The Bertz CT molecular complexity index is 285. The third kappa shape index (κ3) is 1.85. The number of ether oxygens (including phenoxy) is 1. The van der Waals surface area contributed by atoms with Gasteiger partial charge in [0.15, 0.2) is 0 Å². The van der Waals surface area contributed by atoms with Crippen LogP contribution in [0.25, 0.3) is 0 Å². The number of carbonyl (C=O) groups is 1. The summed E-state index contributed by atoms with van der Waals surface area (Å²) in [6.07, 6.45) is 0. The van der Waals surface area contributed by atoms with Crippen LogP contribution in [0.3, 0.4) is 0 Å². The van der Waals surface area contributed by atoms with Crippen molar-refractivity contribution < 1.29 is 13.7 Å². The van der Waals surface area contributed by atoms with E-state index in [0.717, 1.165) is 0 Å². The van der Waals surface area contributed by atoms with Gasteiger partial charge in [0.05, 0.1) is 0 Å². The van der Waals surface area contributed by atoms with E-state index in [-0.39, 0.29) is 0 Å². The Morgan fingerprint density at radius 1 is 1.50 bits per heavy atom. The zero-order valence-corrected chi connectivity index (χ0v) is 8.19. The molecule has 0 bridgehead atoms. The molecule has 0 saturated heterocycles. The average molecular weight is 231 g/mol. The summed E-state index contributed by atoms with van der Waals surface area (Å²) in [6.45, 7) is 0. The molecule has 1 N–H and O–H groups in total. The summed E-state index contributed by atoms with van der Waals surface area (Å²) in [5.74, 6) is -0.401. The van der Waals surface area contributed by atoms with E-state index in [9.17, 15) is 4.79 Å². The van der Waals surface area contributed by atoms with Crippen molar-refractivity contribution in [2.45, 2.75) is 0 Å². The summed E-state index contributed by atoms with van der Waals surface area (Å²) < 4.78 is 14.1. The fourth-order valence-electron chi connectivity index (χ4n) is 0.825. The average Bonchev–Trinajstić information content (AvgIpc) is 2.16. The van der Waals surface area contributed by atoms with E-state index in [4.69, 9.17) is 4.19 Å². The summed E-state index contributed by atoms with van der Waals surface area (Å²) in [4.78, 5) is 11.1. The molecule has 1 aromatic rings. The standard InChI is InChI=1S/C8H8O3Se/c1-11-8(9)6-4-2-3-5-7(6)12-10/h2-5,10H,1H3. The number of methoxy groups -OCH3 is 1. The van der Waals surface area contributed by atoms with Crippen molar-refractivity contribution >= 4 is 25.7 Å². The van der Waals surface area contributed by atoms with Crippen molar-refractivity contribution in [3.63, 3.8) is 0 Å². The van der Waals surface area contributed by atoms with Crippen LogP contribution in [-0.4, -0.2) is 32.6 Å². The number of esters is 1. The summed E-state index contributed by atoms with van der Waals surface area (Å²) >= 11 is -0.662. The van der Waals surface area contributed by atoms with Crippen LogP contribution in [0.4, 0.5) is 0 Å². The summed E-state index contributed by atoms with van der Waals surface area (Å²) in [5, 5.41) is 0. The van der Waals surface area contributed by atoms with Crippen molar-refractivity contribution in [1.29, 1.82) is 0 Å². The predicted octanol–water partition coefficient (Wildman–Crippen LogP) is -0.290. The number of carbonyl (C=O) groups excluding carboxylic acids is 1. The van der Waals surface area contributed by atoms with Gasteiger partial charge in [-0.25, -0.2) is 0 Å². The molecule has 0 aliphatic rings. The monoisotopic (exact) mass is 232 g/mol. The molecule has 4 heteroatoms. The molecule has 0 heterocycles. The van der Waals surface area contributed by atoms with Crippen LogP contribution in [0, 0.1) is 0 Å². The molecule has 0 aromatic heterocycles. The number of hydrogen-bond acceptors (Lipinski definition) is 3. The van der Waals surface area contributed by atoms with Gasteiger partial charge in [0.2, 0.25) is 0 Å². The number of hydrogen-bond donors (Lipinski definition) is 1. The van der Waals surface area contributed by atoms with E-state index in [0.29, 0.717) is 10.0 Å². The minimum atomic E-state index is -0.662. The number of benzene rings is 1. The van der Waals surface area contributed by atoms with Crippen LogP contribution in [0.5, 0.6) is 0 Å². The molecule has 3 nitrogen and oxygen atoms in total. The fraction of sp³-hybridized carbons (Fsp3) is 0.125. The van der Waals surface area contributed by atoms with E-state index in [1.165, 1.54) is 7.11 Å². The molecule has 0 aliphatic heterocycles. The Morgan fingerprint density at radius 3 is 2.75 bits per heavy atom. The van der Waals surface area contributed by atoms with Gasteiger partial charge < -0.3 is 0 Å². The number of rotatable bonds is 2. The van der Waals surface area contributed by atoms with Crippen LogP contribution in [0.2, 0.25) is 0 Å². The molecule has 64 valence electrons. The Labute approximate surface area is 76.8 Å². The van der Waals surface area contributed by atoms with Gasteiger partial charge in [-0.05, 0) is 0 Å². The second kappa shape index (κ2) is 4.26. The van der Waals surface area contributed by atoms with Crippen LogP contribution in [0.1, 0.15) is 10.4 Å². The zero-order valence-electron chi connectivity index (χ0n) is 6.48. The summed E-state index contributed by atoms with van der Waals surface area (Å²) in [6, 6.07) is 6.87. The van der Waals surface area contributed by atoms with Crippen LogP contribution >= 0.6 is 0 Å². The second-order valence-corrected chi connectivity index (χ2v) is 3.38. The van der Waals surface area contributed by atoms with Gasteiger partial charge in [0.25, 0.3) is 0 Å². The molecule has 0 fully saturated rings. The predicted molar refractivity (Wildman–Crippen MR) is 45.4 cm³/mol. The van der Waals surface area contributed by atoms with Gasteiger partial charge in [-0.3, -0.25) is 0 Å². The van der Waals surface area contributed by atoms with E-state index in [1.54, 1.807) is 24.3 Å². The first kappa shape index (κ1) is 9.26. The molecule has 0 spiro atoms. The molecule has 0 atom stereocenters. The van der Waals surface area contributed by atoms with Crippen LogP contribution in [-0.2, 0) is 4.74 Å². The van der Waals surface area contributed by atoms with Gasteiger partial charge >= 0.3 is 76.4 Å². The summed E-state index contributed by atoms with van der Waals surface area (Å²) in [5.41, 5.74) is 0.447. The molecule has 0 radical (unpaired) electrons. The van der Waals surface area contributed by atoms with Crippen molar-refractivity contribution in [3.8, 4) is 0 Å². The van der Waals surface area contributed by atoms with E-state index < -0.39 is 21.3 Å². The molecule has 0 amide bonds. The second-order valence-electron chi connectivity index (χ2n) is 2.08. The van der Waals surface area contributed by atoms with Gasteiger partial charge in [0, 0.05) is 0 Å². The molecule has 1 aromatic carbocycles. The fourth-order valence-corrected chi connectivity index (χ4v) is 1.64. The Hall–Kier alpha value is -0.831. The SMILES string of the molecule is COC(=O)c1ccccc1[Se]O. The van der Waals surface area contributed by atoms with Gasteiger partial charge in [0.1, 0.15) is 0 Å². The first-order chi connectivity index (χ1) is 5.79. The Morgan fingerprint density at radius 2 is 2.17 bits per heavy atom. The van der Waals surface area contributed by atoms with Gasteiger partial charge in [-0.1, -0.05) is 0 Å². The van der Waals surface area contributed by atoms with Crippen molar-refractivity contribution in [3.05, 3.63) is 29.8 Å². The topological polar surface area (TPSA) is 46.5 Å². The quantitative estimate of drug-likeness (QED) is 0.562. The minimum absolute atomic E-state index is 0.401. The molecule has 0 unspecified atom stereocenters. The maximum absolute atomic E-state index is 11.1. The molecule has 0 aliphatic carbocycles. The van der Waals surface area contributed by atoms with Gasteiger partial charge in [-0.2, -0.15) is 0 Å². The third-order valence-corrected chi connectivity index (χ3v) is 2.55. The van der Waals surface area contributed by atoms with Crippen molar-refractivity contribution in [2.24, 2.45) is 0 Å².